The molecule has 1 aromatic heterocycles. The van der Waals surface area contributed by atoms with Gasteiger partial charge in [0.1, 0.15) is 5.75 Å². The van der Waals surface area contributed by atoms with Crippen LogP contribution in [0.1, 0.15) is 24.7 Å². The van der Waals surface area contributed by atoms with Crippen LogP contribution in [0.25, 0.3) is 0 Å². The molecule has 0 amide bonds. The first-order valence-electron chi connectivity index (χ1n) is 6.50. The Morgan fingerprint density at radius 1 is 1.50 bits per heavy atom. The van der Waals surface area contributed by atoms with Gasteiger partial charge in [0.2, 0.25) is 0 Å². The molecule has 1 saturated heterocycles. The summed E-state index contributed by atoms with van der Waals surface area (Å²) in [6, 6.07) is 3.55. The third-order valence-electron chi connectivity index (χ3n) is 3.74. The highest BCUT2D eigenvalue weighted by Gasteiger charge is 2.26. The Morgan fingerprint density at radius 3 is 3.00 bits per heavy atom. The minimum Gasteiger partial charge on any atom is -0.506 e. The van der Waals surface area contributed by atoms with Crippen molar-refractivity contribution in [1.82, 2.24) is 9.88 Å². The first-order chi connectivity index (χ1) is 8.60. The molecule has 2 heterocycles. The number of aryl methyl sites for hydroxylation is 1. The first-order valence-corrected chi connectivity index (χ1v) is 6.50. The van der Waals surface area contributed by atoms with Gasteiger partial charge in [0, 0.05) is 25.9 Å². The molecular weight excluding hydrogens is 228 g/mol. The van der Waals surface area contributed by atoms with Crippen molar-refractivity contribution in [3.05, 3.63) is 23.5 Å². The van der Waals surface area contributed by atoms with E-state index in [0.29, 0.717) is 12.5 Å². The number of methoxy groups -OCH3 is 1. The Kier molecular flexibility index (Phi) is 4.19. The molecule has 2 rings (SSSR count). The lowest BCUT2D eigenvalue weighted by molar-refractivity contribution is -0.00798. The fraction of sp³-hybridized carbons (Fsp3) is 0.643. The summed E-state index contributed by atoms with van der Waals surface area (Å²) in [6.07, 6.45) is 1.41. The van der Waals surface area contributed by atoms with E-state index in [1.165, 1.54) is 0 Å². The number of hydrogen-bond acceptors (Lipinski definition) is 4. The van der Waals surface area contributed by atoms with Crippen LogP contribution >= 0.6 is 0 Å². The van der Waals surface area contributed by atoms with Crippen LogP contribution in [-0.4, -0.2) is 41.3 Å². The van der Waals surface area contributed by atoms with Crippen LogP contribution in [0.5, 0.6) is 5.75 Å². The molecule has 4 heteroatoms. The van der Waals surface area contributed by atoms with Crippen LogP contribution in [0.15, 0.2) is 12.1 Å². The molecule has 2 atom stereocenters. The maximum absolute atomic E-state index is 9.82. The van der Waals surface area contributed by atoms with Crippen molar-refractivity contribution in [2.24, 2.45) is 5.92 Å². The number of likely N-dealkylation sites (tertiary alicyclic amines) is 1. The predicted octanol–water partition coefficient (Wildman–Crippen LogP) is 1.95. The molecule has 0 spiro atoms. The summed E-state index contributed by atoms with van der Waals surface area (Å²) in [5.74, 6) is 0.888. The fourth-order valence-electron chi connectivity index (χ4n) is 2.48. The summed E-state index contributed by atoms with van der Waals surface area (Å²) >= 11 is 0. The molecule has 0 bridgehead atoms. The molecule has 0 radical (unpaired) electrons. The van der Waals surface area contributed by atoms with Crippen molar-refractivity contribution in [3.8, 4) is 5.75 Å². The normalized spacial score (nSPS) is 25.3. The lowest BCUT2D eigenvalue weighted by Crippen LogP contribution is -2.43. The minimum atomic E-state index is 0.283. The van der Waals surface area contributed by atoms with E-state index < -0.39 is 0 Å². The van der Waals surface area contributed by atoms with Gasteiger partial charge in [-0.1, -0.05) is 6.92 Å². The lowest BCUT2D eigenvalue weighted by atomic mass is 9.96. The Bertz CT molecular complexity index is 409. The molecule has 2 unspecified atom stereocenters. The van der Waals surface area contributed by atoms with Crippen molar-refractivity contribution in [2.45, 2.75) is 32.9 Å². The van der Waals surface area contributed by atoms with E-state index in [0.717, 1.165) is 30.9 Å². The van der Waals surface area contributed by atoms with Crippen LogP contribution in [0, 0.1) is 12.8 Å². The van der Waals surface area contributed by atoms with Gasteiger partial charge in [0.05, 0.1) is 11.8 Å². The highest BCUT2D eigenvalue weighted by Crippen LogP contribution is 2.23. The first kappa shape index (κ1) is 13.3. The zero-order valence-electron chi connectivity index (χ0n) is 11.4. The largest absolute Gasteiger partial charge is 0.506 e. The Hall–Kier alpha value is -1.13. The van der Waals surface area contributed by atoms with Crippen molar-refractivity contribution >= 4 is 0 Å². The molecule has 4 nitrogen and oxygen atoms in total. The molecule has 1 aromatic rings. The molecule has 100 valence electrons. The number of pyridine rings is 1. The second-order valence-electron chi connectivity index (χ2n) is 5.19. The molecule has 0 saturated carbocycles. The Balaban J connectivity index is 2.03. The number of nitrogens with zero attached hydrogens (tertiary/aromatic N) is 2. The summed E-state index contributed by atoms with van der Waals surface area (Å²) in [5, 5.41) is 9.82. The van der Waals surface area contributed by atoms with Gasteiger partial charge in [0.15, 0.2) is 0 Å². The zero-order valence-corrected chi connectivity index (χ0v) is 11.4. The van der Waals surface area contributed by atoms with E-state index in [9.17, 15) is 5.11 Å². The van der Waals surface area contributed by atoms with Gasteiger partial charge in [-0.2, -0.15) is 0 Å². The van der Waals surface area contributed by atoms with Gasteiger partial charge >= 0.3 is 0 Å². The summed E-state index contributed by atoms with van der Waals surface area (Å²) in [6.45, 7) is 6.82. The van der Waals surface area contributed by atoms with Crippen LogP contribution in [0.3, 0.4) is 0 Å². The smallest absolute Gasteiger partial charge is 0.138 e. The summed E-state index contributed by atoms with van der Waals surface area (Å²) in [4.78, 5) is 6.71. The van der Waals surface area contributed by atoms with E-state index in [-0.39, 0.29) is 11.9 Å². The molecule has 0 aromatic carbocycles. The van der Waals surface area contributed by atoms with Gasteiger partial charge < -0.3 is 9.84 Å². The van der Waals surface area contributed by atoms with Crippen molar-refractivity contribution < 1.29 is 9.84 Å². The fourth-order valence-corrected chi connectivity index (χ4v) is 2.48. The number of piperidine rings is 1. The highest BCUT2D eigenvalue weighted by molar-refractivity contribution is 5.27. The van der Waals surface area contributed by atoms with Crippen LogP contribution in [-0.2, 0) is 11.3 Å². The summed E-state index contributed by atoms with van der Waals surface area (Å²) < 4.78 is 5.50. The second-order valence-corrected chi connectivity index (χ2v) is 5.19. The molecule has 1 aliphatic rings. The summed E-state index contributed by atoms with van der Waals surface area (Å²) in [5.41, 5.74) is 1.70. The van der Waals surface area contributed by atoms with Gasteiger partial charge in [-0.25, -0.2) is 0 Å². The number of rotatable bonds is 3. The number of hydrogen-bond donors (Lipinski definition) is 1. The number of aromatic hydroxyl groups is 1. The molecular formula is C14H22N2O2. The Morgan fingerprint density at radius 2 is 2.28 bits per heavy atom. The van der Waals surface area contributed by atoms with E-state index >= 15 is 0 Å². The Labute approximate surface area is 109 Å². The maximum Gasteiger partial charge on any atom is 0.138 e. The molecule has 18 heavy (non-hydrogen) atoms. The topological polar surface area (TPSA) is 45.6 Å². The molecule has 0 aliphatic carbocycles. The van der Waals surface area contributed by atoms with Crippen molar-refractivity contribution in [3.63, 3.8) is 0 Å². The van der Waals surface area contributed by atoms with Crippen molar-refractivity contribution in [2.75, 3.05) is 20.2 Å². The van der Waals surface area contributed by atoms with Crippen LogP contribution in [0.2, 0.25) is 0 Å². The van der Waals surface area contributed by atoms with Crippen LogP contribution in [0.4, 0.5) is 0 Å². The number of aromatic nitrogens is 1. The average molecular weight is 250 g/mol. The van der Waals surface area contributed by atoms with Crippen LogP contribution < -0.4 is 0 Å². The van der Waals surface area contributed by atoms with E-state index in [4.69, 9.17) is 4.74 Å². The maximum atomic E-state index is 9.82. The lowest BCUT2D eigenvalue weighted by Gasteiger charge is -2.36. The minimum absolute atomic E-state index is 0.283. The molecule has 1 N–H and O–H groups in total. The second kappa shape index (κ2) is 5.67. The van der Waals surface area contributed by atoms with E-state index in [1.54, 1.807) is 13.2 Å². The highest BCUT2D eigenvalue weighted by atomic mass is 16.5. The predicted molar refractivity (Wildman–Crippen MR) is 70.5 cm³/mol. The van der Waals surface area contributed by atoms with Crippen molar-refractivity contribution in [1.29, 1.82) is 0 Å². The molecule has 1 aliphatic heterocycles. The third kappa shape index (κ3) is 3.00. The monoisotopic (exact) mass is 250 g/mol. The van der Waals surface area contributed by atoms with Gasteiger partial charge in [-0.15, -0.1) is 0 Å². The zero-order chi connectivity index (χ0) is 13.1. The van der Waals surface area contributed by atoms with E-state index in [2.05, 4.69) is 16.8 Å². The quantitative estimate of drug-likeness (QED) is 0.890. The number of ether oxygens (including phenoxy) is 1. The van der Waals surface area contributed by atoms with Gasteiger partial charge in [-0.05, 0) is 37.9 Å². The standard InChI is InChI=1S/C14H22N2O2/c1-10-6-7-16(9-14(10)18-3)8-12-13(17)5-4-11(2)15-12/h4-5,10,14,17H,6-9H2,1-3H3. The third-order valence-corrected chi connectivity index (χ3v) is 3.74. The van der Waals surface area contributed by atoms with Gasteiger partial charge in [0.25, 0.3) is 0 Å². The average Bonchev–Trinajstić information content (AvgIpc) is 2.36. The van der Waals surface area contributed by atoms with E-state index in [1.807, 2.05) is 13.0 Å². The summed E-state index contributed by atoms with van der Waals surface area (Å²) in [7, 11) is 1.77. The van der Waals surface area contributed by atoms with Gasteiger partial charge in [-0.3, -0.25) is 9.88 Å². The molecule has 1 fully saturated rings. The SMILES string of the molecule is COC1CN(Cc2nc(C)ccc2O)CCC1C.